The summed E-state index contributed by atoms with van der Waals surface area (Å²) in [4.78, 5) is 17.5. The van der Waals surface area contributed by atoms with Crippen LogP contribution in [0, 0.1) is 12.7 Å². The molecule has 0 bridgehead atoms. The van der Waals surface area contributed by atoms with E-state index in [1.165, 1.54) is 12.1 Å². The van der Waals surface area contributed by atoms with Crippen molar-refractivity contribution in [1.29, 1.82) is 0 Å². The van der Waals surface area contributed by atoms with E-state index in [0.29, 0.717) is 31.7 Å². The lowest BCUT2D eigenvalue weighted by atomic mass is 9.82. The van der Waals surface area contributed by atoms with Crippen LogP contribution in [0.3, 0.4) is 0 Å². The Hall–Kier alpha value is -2.73. The highest BCUT2D eigenvalue weighted by Gasteiger charge is 2.37. The van der Waals surface area contributed by atoms with E-state index in [0.717, 1.165) is 16.9 Å². The van der Waals surface area contributed by atoms with Gasteiger partial charge in [-0.25, -0.2) is 9.37 Å². The Labute approximate surface area is 150 Å². The summed E-state index contributed by atoms with van der Waals surface area (Å²) in [5.41, 5.74) is 1.47. The number of fused-ring (bicyclic) bond motifs is 1. The van der Waals surface area contributed by atoms with Crippen molar-refractivity contribution in [3.8, 4) is 0 Å². The highest BCUT2D eigenvalue weighted by molar-refractivity contribution is 5.99. The first kappa shape index (κ1) is 16.7. The van der Waals surface area contributed by atoms with Gasteiger partial charge in [0, 0.05) is 19.4 Å². The van der Waals surface area contributed by atoms with Gasteiger partial charge in [-0.15, -0.1) is 0 Å². The van der Waals surface area contributed by atoms with Crippen LogP contribution in [-0.2, 0) is 10.3 Å². The Morgan fingerprint density at radius 2 is 1.92 bits per heavy atom. The first-order valence-electron chi connectivity index (χ1n) is 8.69. The van der Waals surface area contributed by atoms with Crippen LogP contribution in [0.1, 0.15) is 34.7 Å². The zero-order valence-corrected chi connectivity index (χ0v) is 14.5. The number of aromatic nitrogens is 2. The molecule has 1 aromatic carbocycles. The van der Waals surface area contributed by atoms with Gasteiger partial charge in [-0.1, -0.05) is 18.2 Å². The number of ether oxygens (including phenoxy) is 1. The summed E-state index contributed by atoms with van der Waals surface area (Å²) in [7, 11) is 0. The van der Waals surface area contributed by atoms with E-state index in [1.54, 1.807) is 12.1 Å². The SMILES string of the molecule is Cc1nc(C(=O)NC2(c3ccc(F)cc3)CCOCC2)c2ccccn12. The number of imidazole rings is 1. The number of nitrogens with zero attached hydrogens (tertiary/aromatic N) is 2. The maximum Gasteiger partial charge on any atom is 0.272 e. The van der Waals surface area contributed by atoms with Crippen LogP contribution in [0.4, 0.5) is 4.39 Å². The second-order valence-corrected chi connectivity index (χ2v) is 6.62. The highest BCUT2D eigenvalue weighted by atomic mass is 19.1. The van der Waals surface area contributed by atoms with Crippen molar-refractivity contribution in [3.63, 3.8) is 0 Å². The number of benzene rings is 1. The second kappa shape index (κ2) is 6.53. The summed E-state index contributed by atoms with van der Waals surface area (Å²) in [5, 5.41) is 3.17. The van der Waals surface area contributed by atoms with Gasteiger partial charge in [0.25, 0.3) is 5.91 Å². The standard InChI is InChI=1S/C20H20FN3O2/c1-14-22-18(17-4-2-3-11-24(14)17)19(25)23-20(9-12-26-13-10-20)15-5-7-16(21)8-6-15/h2-8,11H,9-10,12-13H2,1H3,(H,23,25). The van der Waals surface area contributed by atoms with E-state index in [9.17, 15) is 9.18 Å². The molecular formula is C20H20FN3O2. The van der Waals surface area contributed by atoms with E-state index in [-0.39, 0.29) is 11.7 Å². The number of aryl methyl sites for hydroxylation is 1. The lowest BCUT2D eigenvalue weighted by molar-refractivity contribution is 0.0344. The van der Waals surface area contributed by atoms with Crippen LogP contribution in [0.5, 0.6) is 0 Å². The quantitative estimate of drug-likeness (QED) is 0.787. The molecular weight excluding hydrogens is 333 g/mol. The Balaban J connectivity index is 1.71. The predicted octanol–water partition coefficient (Wildman–Crippen LogP) is 3.22. The van der Waals surface area contributed by atoms with Crippen molar-refractivity contribution in [3.05, 3.63) is 71.6 Å². The highest BCUT2D eigenvalue weighted by Crippen LogP contribution is 2.33. The summed E-state index contributed by atoms with van der Waals surface area (Å²) in [6.07, 6.45) is 3.16. The molecule has 3 aromatic rings. The number of hydrogen-bond donors (Lipinski definition) is 1. The monoisotopic (exact) mass is 353 g/mol. The van der Waals surface area contributed by atoms with Crippen LogP contribution in [-0.4, -0.2) is 28.5 Å². The minimum absolute atomic E-state index is 0.229. The number of rotatable bonds is 3. The van der Waals surface area contributed by atoms with Gasteiger partial charge in [0.05, 0.1) is 11.1 Å². The molecule has 26 heavy (non-hydrogen) atoms. The van der Waals surface area contributed by atoms with Gasteiger partial charge in [0.1, 0.15) is 11.6 Å². The molecule has 134 valence electrons. The molecule has 0 atom stereocenters. The minimum Gasteiger partial charge on any atom is -0.381 e. The van der Waals surface area contributed by atoms with Crippen molar-refractivity contribution in [1.82, 2.24) is 14.7 Å². The smallest absolute Gasteiger partial charge is 0.272 e. The molecule has 6 heteroatoms. The molecule has 4 rings (SSSR count). The molecule has 1 saturated heterocycles. The molecule has 1 aliphatic rings. The van der Waals surface area contributed by atoms with Crippen LogP contribution in [0.15, 0.2) is 48.7 Å². The number of nitrogens with one attached hydrogen (secondary N) is 1. The number of amides is 1. The molecule has 3 heterocycles. The average Bonchev–Trinajstić information content (AvgIpc) is 3.00. The fraction of sp³-hybridized carbons (Fsp3) is 0.300. The zero-order chi connectivity index (χ0) is 18.1. The summed E-state index contributed by atoms with van der Waals surface area (Å²) in [5.74, 6) is 0.236. The number of carbonyl (C=O) groups excluding carboxylic acids is 1. The molecule has 0 radical (unpaired) electrons. The topological polar surface area (TPSA) is 55.6 Å². The van der Waals surface area contributed by atoms with Crippen LogP contribution in [0.2, 0.25) is 0 Å². The van der Waals surface area contributed by atoms with Crippen molar-refractivity contribution in [2.45, 2.75) is 25.3 Å². The maximum atomic E-state index is 13.4. The number of halogens is 1. The van der Waals surface area contributed by atoms with Crippen LogP contribution >= 0.6 is 0 Å². The minimum atomic E-state index is -0.582. The first-order valence-corrected chi connectivity index (χ1v) is 8.69. The van der Waals surface area contributed by atoms with E-state index in [2.05, 4.69) is 10.3 Å². The Bertz CT molecular complexity index is 943. The second-order valence-electron chi connectivity index (χ2n) is 6.62. The maximum absolute atomic E-state index is 13.4. The van der Waals surface area contributed by atoms with E-state index in [1.807, 2.05) is 35.7 Å². The van der Waals surface area contributed by atoms with Crippen molar-refractivity contribution < 1.29 is 13.9 Å². The van der Waals surface area contributed by atoms with E-state index < -0.39 is 5.54 Å². The third-order valence-electron chi connectivity index (χ3n) is 5.04. The Morgan fingerprint density at radius 3 is 2.65 bits per heavy atom. The summed E-state index contributed by atoms with van der Waals surface area (Å²) < 4.78 is 20.7. The molecule has 1 amide bonds. The van der Waals surface area contributed by atoms with Crippen molar-refractivity contribution in [2.75, 3.05) is 13.2 Å². The largest absolute Gasteiger partial charge is 0.381 e. The molecule has 2 aromatic heterocycles. The molecule has 1 fully saturated rings. The molecule has 1 aliphatic heterocycles. The molecule has 0 aliphatic carbocycles. The van der Waals surface area contributed by atoms with Crippen LogP contribution < -0.4 is 5.32 Å². The Kier molecular flexibility index (Phi) is 4.20. The zero-order valence-electron chi connectivity index (χ0n) is 14.5. The fourth-order valence-corrected chi connectivity index (χ4v) is 3.61. The molecule has 0 spiro atoms. The average molecular weight is 353 g/mol. The van der Waals surface area contributed by atoms with E-state index in [4.69, 9.17) is 4.74 Å². The Morgan fingerprint density at radius 1 is 1.19 bits per heavy atom. The molecule has 5 nitrogen and oxygen atoms in total. The fourth-order valence-electron chi connectivity index (χ4n) is 3.61. The summed E-state index contributed by atoms with van der Waals surface area (Å²) in [6, 6.07) is 12.0. The lowest BCUT2D eigenvalue weighted by Gasteiger charge is -2.38. The molecule has 1 N–H and O–H groups in total. The normalized spacial score (nSPS) is 16.5. The van der Waals surface area contributed by atoms with Gasteiger partial charge in [-0.2, -0.15) is 0 Å². The van der Waals surface area contributed by atoms with Gasteiger partial charge >= 0.3 is 0 Å². The van der Waals surface area contributed by atoms with E-state index >= 15 is 0 Å². The summed E-state index contributed by atoms with van der Waals surface area (Å²) >= 11 is 0. The van der Waals surface area contributed by atoms with Crippen molar-refractivity contribution in [2.24, 2.45) is 0 Å². The van der Waals surface area contributed by atoms with Gasteiger partial charge < -0.3 is 14.5 Å². The van der Waals surface area contributed by atoms with Crippen LogP contribution in [0.25, 0.3) is 5.52 Å². The van der Waals surface area contributed by atoms with Gasteiger partial charge in [0.2, 0.25) is 0 Å². The predicted molar refractivity (Wildman–Crippen MR) is 95.5 cm³/mol. The number of pyridine rings is 1. The van der Waals surface area contributed by atoms with Gasteiger partial charge in [-0.05, 0) is 49.6 Å². The van der Waals surface area contributed by atoms with Gasteiger partial charge in [0.15, 0.2) is 5.69 Å². The summed E-state index contributed by atoms with van der Waals surface area (Å²) in [6.45, 7) is 2.95. The first-order chi connectivity index (χ1) is 12.6. The third-order valence-corrected chi connectivity index (χ3v) is 5.04. The van der Waals surface area contributed by atoms with Crippen molar-refractivity contribution >= 4 is 11.4 Å². The molecule has 0 unspecified atom stereocenters. The third kappa shape index (κ3) is 2.86. The van der Waals surface area contributed by atoms with Gasteiger partial charge in [-0.3, -0.25) is 4.79 Å². The molecule has 0 saturated carbocycles. The lowest BCUT2D eigenvalue weighted by Crippen LogP contribution is -2.49. The number of carbonyl (C=O) groups is 1. The number of hydrogen-bond acceptors (Lipinski definition) is 3.